The van der Waals surface area contributed by atoms with Crippen molar-refractivity contribution in [2.24, 2.45) is 5.73 Å². The number of nitrogens with two attached hydrogens (primary N) is 1. The molecule has 2 aromatic carbocycles. The lowest BCUT2D eigenvalue weighted by atomic mass is 10.0. The van der Waals surface area contributed by atoms with Crippen molar-refractivity contribution in [1.82, 2.24) is 4.98 Å². The topological polar surface area (TPSA) is 85.5 Å². The third-order valence-electron chi connectivity index (χ3n) is 3.89. The first-order valence-electron chi connectivity index (χ1n) is 7.39. The number of rotatable bonds is 2. The summed E-state index contributed by atoms with van der Waals surface area (Å²) in [6, 6.07) is 14.6. The number of hydrogen-bond donors (Lipinski definition) is 1. The summed E-state index contributed by atoms with van der Waals surface area (Å²) < 4.78 is 5.87. The summed E-state index contributed by atoms with van der Waals surface area (Å²) in [5.41, 5.74) is 6.10. The molecule has 0 spiro atoms. The highest BCUT2D eigenvalue weighted by atomic mass is 16.5. The summed E-state index contributed by atoms with van der Waals surface area (Å²) in [6.07, 6.45) is 1.57. The monoisotopic (exact) mass is 319 g/mol. The number of aromatic nitrogens is 1. The minimum atomic E-state index is -0.609. The van der Waals surface area contributed by atoms with Crippen LogP contribution in [-0.4, -0.2) is 23.3 Å². The molecular weight excluding hydrogens is 306 g/mol. The third-order valence-corrected chi connectivity index (χ3v) is 3.89. The summed E-state index contributed by atoms with van der Waals surface area (Å²) in [5.74, 6) is -0.282. The molecule has 0 bridgehead atoms. The zero-order valence-corrected chi connectivity index (χ0v) is 12.6. The maximum absolute atomic E-state index is 13.0. The minimum absolute atomic E-state index is 0.243. The van der Waals surface area contributed by atoms with Crippen molar-refractivity contribution in [3.05, 3.63) is 60.3 Å². The summed E-state index contributed by atoms with van der Waals surface area (Å²) in [5, 5.41) is 1.86. The van der Waals surface area contributed by atoms with Crippen LogP contribution in [0.1, 0.15) is 10.4 Å². The van der Waals surface area contributed by atoms with Crippen LogP contribution >= 0.6 is 0 Å². The zero-order valence-electron chi connectivity index (χ0n) is 12.6. The van der Waals surface area contributed by atoms with Crippen molar-refractivity contribution in [3.8, 4) is 11.6 Å². The summed E-state index contributed by atoms with van der Waals surface area (Å²) in [4.78, 5) is 29.9. The van der Waals surface area contributed by atoms with Crippen LogP contribution in [0.4, 0.5) is 5.69 Å². The number of carbonyl (C=O) groups is 2. The number of amides is 2. The molecule has 1 aliphatic rings. The fourth-order valence-electron chi connectivity index (χ4n) is 2.81. The molecule has 0 aliphatic carbocycles. The lowest BCUT2D eigenvalue weighted by Gasteiger charge is -2.19. The summed E-state index contributed by atoms with van der Waals surface area (Å²) >= 11 is 0. The molecule has 2 heterocycles. The summed E-state index contributed by atoms with van der Waals surface area (Å²) in [6.45, 7) is -0.243. The third kappa shape index (κ3) is 2.25. The van der Waals surface area contributed by atoms with Gasteiger partial charge in [-0.25, -0.2) is 4.98 Å². The molecule has 0 saturated carbocycles. The number of fused-ring (bicyclic) bond motifs is 3. The average molecular weight is 319 g/mol. The number of hydrogen-bond acceptors (Lipinski definition) is 4. The number of ether oxygens (including phenoxy) is 1. The molecule has 3 aromatic rings. The molecule has 0 saturated heterocycles. The second kappa shape index (κ2) is 5.34. The molecule has 6 heteroatoms. The molecule has 2 N–H and O–H groups in total. The predicted molar refractivity (Wildman–Crippen MR) is 89.1 cm³/mol. The van der Waals surface area contributed by atoms with E-state index in [0.717, 1.165) is 10.8 Å². The first-order valence-corrected chi connectivity index (χ1v) is 7.39. The number of nitrogens with zero attached hydrogens (tertiary/aromatic N) is 2. The second-order valence-electron chi connectivity index (χ2n) is 5.48. The first kappa shape index (κ1) is 14.2. The largest absolute Gasteiger partial charge is 0.436 e. The molecule has 4 rings (SSSR count). The van der Waals surface area contributed by atoms with Crippen molar-refractivity contribution in [1.29, 1.82) is 0 Å². The van der Waals surface area contributed by atoms with Gasteiger partial charge in [0.25, 0.3) is 5.91 Å². The van der Waals surface area contributed by atoms with Crippen molar-refractivity contribution < 1.29 is 14.3 Å². The van der Waals surface area contributed by atoms with Gasteiger partial charge < -0.3 is 10.5 Å². The molecule has 24 heavy (non-hydrogen) atoms. The fourth-order valence-corrected chi connectivity index (χ4v) is 2.81. The SMILES string of the molecule is NC(=O)CN1C(=O)c2cc3ccccc3cc2Oc2ncccc21. The Morgan fingerprint density at radius 2 is 1.88 bits per heavy atom. The van der Waals surface area contributed by atoms with Crippen molar-refractivity contribution in [2.75, 3.05) is 11.4 Å². The predicted octanol–water partition coefficient (Wildman–Crippen LogP) is 2.47. The van der Waals surface area contributed by atoms with Crippen LogP contribution in [0.3, 0.4) is 0 Å². The second-order valence-corrected chi connectivity index (χ2v) is 5.48. The van der Waals surface area contributed by atoms with Crippen LogP contribution in [-0.2, 0) is 4.79 Å². The molecule has 0 unspecified atom stereocenters. The van der Waals surface area contributed by atoms with E-state index in [9.17, 15) is 9.59 Å². The van der Waals surface area contributed by atoms with Gasteiger partial charge in [-0.05, 0) is 35.0 Å². The maximum Gasteiger partial charge on any atom is 0.262 e. The van der Waals surface area contributed by atoms with E-state index < -0.39 is 5.91 Å². The number of carbonyl (C=O) groups excluding carboxylic acids is 2. The normalized spacial score (nSPS) is 13.0. The van der Waals surface area contributed by atoms with Gasteiger partial charge in [0, 0.05) is 6.20 Å². The van der Waals surface area contributed by atoms with Gasteiger partial charge in [-0.1, -0.05) is 24.3 Å². The lowest BCUT2D eigenvalue weighted by Crippen LogP contribution is -2.38. The molecule has 1 aliphatic heterocycles. The minimum Gasteiger partial charge on any atom is -0.436 e. The van der Waals surface area contributed by atoms with Crippen LogP contribution in [0.5, 0.6) is 11.6 Å². The Morgan fingerprint density at radius 1 is 1.12 bits per heavy atom. The smallest absolute Gasteiger partial charge is 0.262 e. The van der Waals surface area contributed by atoms with E-state index in [1.54, 1.807) is 30.5 Å². The molecule has 0 radical (unpaired) electrons. The molecule has 1 aromatic heterocycles. The average Bonchev–Trinajstić information content (AvgIpc) is 2.69. The maximum atomic E-state index is 13.0. The van der Waals surface area contributed by atoms with Gasteiger partial charge in [0.05, 0.1) is 5.56 Å². The van der Waals surface area contributed by atoms with Gasteiger partial charge in [0.1, 0.15) is 18.0 Å². The Kier molecular flexibility index (Phi) is 3.16. The van der Waals surface area contributed by atoms with Crippen LogP contribution in [0.25, 0.3) is 10.8 Å². The molecule has 2 amide bonds. The van der Waals surface area contributed by atoms with E-state index in [1.807, 2.05) is 24.3 Å². The Labute approximate surface area is 137 Å². The Balaban J connectivity index is 1.96. The van der Waals surface area contributed by atoms with Crippen LogP contribution < -0.4 is 15.4 Å². The van der Waals surface area contributed by atoms with Gasteiger partial charge in [-0.15, -0.1) is 0 Å². The highest BCUT2D eigenvalue weighted by Gasteiger charge is 2.30. The summed E-state index contributed by atoms with van der Waals surface area (Å²) in [7, 11) is 0. The van der Waals surface area contributed by atoms with E-state index >= 15 is 0 Å². The van der Waals surface area contributed by atoms with E-state index in [-0.39, 0.29) is 18.3 Å². The lowest BCUT2D eigenvalue weighted by molar-refractivity contribution is -0.116. The van der Waals surface area contributed by atoms with Crippen LogP contribution in [0, 0.1) is 0 Å². The van der Waals surface area contributed by atoms with E-state index in [2.05, 4.69) is 4.98 Å². The quantitative estimate of drug-likeness (QED) is 0.786. The van der Waals surface area contributed by atoms with Gasteiger partial charge in [0.15, 0.2) is 0 Å². The van der Waals surface area contributed by atoms with E-state index in [4.69, 9.17) is 10.5 Å². The molecule has 0 atom stereocenters. The molecular formula is C18H13N3O3. The van der Waals surface area contributed by atoms with Crippen molar-refractivity contribution >= 4 is 28.3 Å². The van der Waals surface area contributed by atoms with E-state index in [0.29, 0.717) is 17.0 Å². The van der Waals surface area contributed by atoms with Crippen LogP contribution in [0.2, 0.25) is 0 Å². The Bertz CT molecular complexity index is 984. The highest BCUT2D eigenvalue weighted by Crippen LogP contribution is 2.38. The Morgan fingerprint density at radius 3 is 2.62 bits per heavy atom. The van der Waals surface area contributed by atoms with Gasteiger partial charge >= 0.3 is 0 Å². The number of pyridine rings is 1. The van der Waals surface area contributed by atoms with Crippen LogP contribution in [0.15, 0.2) is 54.7 Å². The fraction of sp³-hybridized carbons (Fsp3) is 0.0556. The number of benzene rings is 2. The van der Waals surface area contributed by atoms with Gasteiger partial charge in [-0.2, -0.15) is 0 Å². The first-order chi connectivity index (χ1) is 11.6. The Hall–Kier alpha value is -3.41. The van der Waals surface area contributed by atoms with Gasteiger partial charge in [-0.3, -0.25) is 14.5 Å². The molecule has 118 valence electrons. The highest BCUT2D eigenvalue weighted by molar-refractivity contribution is 6.13. The zero-order chi connectivity index (χ0) is 16.7. The standard InChI is InChI=1S/C18H13N3O3/c19-16(22)10-21-14-6-3-7-20-17(14)24-15-9-12-5-2-1-4-11(12)8-13(15)18(21)23/h1-9H,10H2,(H2,19,22). The van der Waals surface area contributed by atoms with Gasteiger partial charge in [0.2, 0.25) is 11.8 Å². The molecule has 6 nitrogen and oxygen atoms in total. The molecule has 0 fully saturated rings. The number of primary amides is 1. The van der Waals surface area contributed by atoms with E-state index in [1.165, 1.54) is 4.90 Å². The van der Waals surface area contributed by atoms with Crippen molar-refractivity contribution in [2.45, 2.75) is 0 Å². The van der Waals surface area contributed by atoms with Crippen molar-refractivity contribution in [3.63, 3.8) is 0 Å². The number of anilines is 1.